The summed E-state index contributed by atoms with van der Waals surface area (Å²) in [6.45, 7) is 0.497. The molecule has 0 fully saturated rings. The topological polar surface area (TPSA) is 44.3 Å². The van der Waals surface area contributed by atoms with Crippen molar-refractivity contribution in [3.63, 3.8) is 0 Å². The molecule has 11 heavy (non-hydrogen) atoms. The Kier molecular flexibility index (Phi) is 1.41. The van der Waals surface area contributed by atoms with Crippen LogP contribution in [-0.4, -0.2) is 16.3 Å². The fraction of sp³-hybridized carbons (Fsp3) is 0.375. The first kappa shape index (κ1) is 6.76. The number of pyridine rings is 1. The Labute approximate surface area is 64.5 Å². The zero-order valence-corrected chi connectivity index (χ0v) is 6.01. The van der Waals surface area contributed by atoms with Crippen molar-refractivity contribution in [3.05, 3.63) is 30.1 Å². The van der Waals surface area contributed by atoms with Crippen LogP contribution < -0.4 is 4.57 Å². The van der Waals surface area contributed by atoms with Crippen LogP contribution in [0.1, 0.15) is 11.8 Å². The normalized spacial score (nSPS) is 28.5. The van der Waals surface area contributed by atoms with Gasteiger partial charge < -0.3 is 10.2 Å². The van der Waals surface area contributed by atoms with Gasteiger partial charge in [-0.15, -0.1) is 0 Å². The van der Waals surface area contributed by atoms with Crippen LogP contribution in [-0.2, 0) is 6.54 Å². The molecule has 0 spiro atoms. The van der Waals surface area contributed by atoms with Gasteiger partial charge in [0.15, 0.2) is 18.8 Å². The van der Waals surface area contributed by atoms with E-state index < -0.39 is 12.2 Å². The minimum atomic E-state index is -0.712. The minimum Gasteiger partial charge on any atom is -0.383 e. The second kappa shape index (κ2) is 2.29. The summed E-state index contributed by atoms with van der Waals surface area (Å²) in [6.07, 6.45) is 0.503. The van der Waals surface area contributed by atoms with Crippen molar-refractivity contribution >= 4 is 0 Å². The number of rotatable bonds is 0. The van der Waals surface area contributed by atoms with Crippen molar-refractivity contribution in [3.8, 4) is 0 Å². The van der Waals surface area contributed by atoms with Gasteiger partial charge in [0.25, 0.3) is 0 Å². The molecule has 1 aromatic heterocycles. The lowest BCUT2D eigenvalue weighted by Gasteiger charge is -1.98. The van der Waals surface area contributed by atoms with E-state index in [0.717, 1.165) is 5.69 Å². The van der Waals surface area contributed by atoms with Crippen molar-refractivity contribution in [2.24, 2.45) is 0 Å². The molecule has 0 aromatic carbocycles. The summed E-state index contributed by atoms with van der Waals surface area (Å²) in [5.74, 6) is 0. The molecule has 2 unspecified atom stereocenters. The van der Waals surface area contributed by atoms with Gasteiger partial charge >= 0.3 is 0 Å². The lowest BCUT2D eigenvalue weighted by molar-refractivity contribution is -0.695. The van der Waals surface area contributed by atoms with Crippen LogP contribution in [0.25, 0.3) is 0 Å². The molecule has 3 heteroatoms. The highest BCUT2D eigenvalue weighted by molar-refractivity contribution is 5.04. The summed E-state index contributed by atoms with van der Waals surface area (Å²) in [4.78, 5) is 0. The van der Waals surface area contributed by atoms with Gasteiger partial charge in [0.2, 0.25) is 5.69 Å². The third-order valence-corrected chi connectivity index (χ3v) is 2.03. The summed E-state index contributed by atoms with van der Waals surface area (Å²) >= 11 is 0. The predicted octanol–water partition coefficient (Wildman–Crippen LogP) is -0.618. The zero-order valence-electron chi connectivity index (χ0n) is 6.01. The minimum absolute atomic E-state index is 0.497. The number of hydrogen-bond acceptors (Lipinski definition) is 2. The summed E-state index contributed by atoms with van der Waals surface area (Å²) in [7, 11) is 0. The van der Waals surface area contributed by atoms with E-state index in [2.05, 4.69) is 0 Å². The molecule has 1 aliphatic heterocycles. The fourth-order valence-corrected chi connectivity index (χ4v) is 1.42. The van der Waals surface area contributed by atoms with Gasteiger partial charge in [-0.1, -0.05) is 6.07 Å². The molecule has 2 N–H and O–H groups in total. The third kappa shape index (κ3) is 0.931. The molecule has 2 heterocycles. The summed E-state index contributed by atoms with van der Waals surface area (Å²) in [6, 6.07) is 5.56. The Hall–Kier alpha value is -0.930. The number of hydrogen-bond donors (Lipinski definition) is 2. The highest BCUT2D eigenvalue weighted by atomic mass is 16.3. The van der Waals surface area contributed by atoms with Gasteiger partial charge in [-0.25, -0.2) is 0 Å². The second-order valence-corrected chi connectivity index (χ2v) is 2.79. The highest BCUT2D eigenvalue weighted by Gasteiger charge is 2.36. The molecule has 0 aliphatic carbocycles. The van der Waals surface area contributed by atoms with E-state index in [1.165, 1.54) is 0 Å². The standard InChI is InChI=1S/C8H10NO2/c10-7-5-9-4-2-1-3-6(9)8(7)11/h1-4,7-8,10-11H,5H2/q+1. The van der Waals surface area contributed by atoms with Gasteiger partial charge in [0.1, 0.15) is 6.10 Å². The maximum absolute atomic E-state index is 9.38. The number of fused-ring (bicyclic) bond motifs is 1. The molecule has 0 radical (unpaired) electrons. The Balaban J connectivity index is 2.47. The largest absolute Gasteiger partial charge is 0.383 e. The first-order chi connectivity index (χ1) is 5.29. The Morgan fingerprint density at radius 3 is 2.91 bits per heavy atom. The van der Waals surface area contributed by atoms with E-state index in [1.54, 1.807) is 0 Å². The van der Waals surface area contributed by atoms with Gasteiger partial charge in [-0.2, -0.15) is 4.57 Å². The van der Waals surface area contributed by atoms with E-state index in [-0.39, 0.29) is 0 Å². The average Bonchev–Trinajstić information content (AvgIpc) is 2.30. The fourth-order valence-electron chi connectivity index (χ4n) is 1.42. The van der Waals surface area contributed by atoms with Crippen molar-refractivity contribution in [2.45, 2.75) is 18.8 Å². The van der Waals surface area contributed by atoms with Gasteiger partial charge in [0.05, 0.1) is 0 Å². The summed E-state index contributed by atoms with van der Waals surface area (Å²) in [5, 5.41) is 18.6. The van der Waals surface area contributed by atoms with Crippen molar-refractivity contribution < 1.29 is 14.8 Å². The van der Waals surface area contributed by atoms with Gasteiger partial charge in [-0.05, 0) is 0 Å². The molecule has 1 aromatic rings. The molecular weight excluding hydrogens is 142 g/mol. The number of aromatic nitrogens is 1. The van der Waals surface area contributed by atoms with Crippen molar-refractivity contribution in [1.82, 2.24) is 0 Å². The molecule has 0 saturated heterocycles. The molecule has 3 nitrogen and oxygen atoms in total. The molecule has 0 saturated carbocycles. The van der Waals surface area contributed by atoms with Crippen LogP contribution in [0.2, 0.25) is 0 Å². The van der Waals surface area contributed by atoms with Crippen LogP contribution in [0.3, 0.4) is 0 Å². The highest BCUT2D eigenvalue weighted by Crippen LogP contribution is 2.18. The van der Waals surface area contributed by atoms with Gasteiger partial charge in [-0.3, -0.25) is 0 Å². The molecule has 2 atom stereocenters. The van der Waals surface area contributed by atoms with Gasteiger partial charge in [0, 0.05) is 12.1 Å². The van der Waals surface area contributed by atoms with Crippen molar-refractivity contribution in [2.75, 3.05) is 0 Å². The van der Waals surface area contributed by atoms with Crippen LogP contribution in [0, 0.1) is 0 Å². The first-order valence-corrected chi connectivity index (χ1v) is 3.63. The SMILES string of the molecule is OC1C[n+]2ccccc2C1O. The van der Waals surface area contributed by atoms with E-state index in [9.17, 15) is 10.2 Å². The molecule has 58 valence electrons. The third-order valence-electron chi connectivity index (χ3n) is 2.03. The van der Waals surface area contributed by atoms with Crippen LogP contribution in [0.4, 0.5) is 0 Å². The van der Waals surface area contributed by atoms with Crippen LogP contribution >= 0.6 is 0 Å². The average molecular weight is 152 g/mol. The van der Waals surface area contributed by atoms with Crippen LogP contribution in [0.5, 0.6) is 0 Å². The Morgan fingerprint density at radius 2 is 2.18 bits per heavy atom. The summed E-state index contributed by atoms with van der Waals surface area (Å²) < 4.78 is 1.86. The molecule has 2 rings (SSSR count). The predicted molar refractivity (Wildman–Crippen MR) is 37.6 cm³/mol. The lowest BCUT2D eigenvalue weighted by atomic mass is 10.2. The van der Waals surface area contributed by atoms with Crippen molar-refractivity contribution in [1.29, 1.82) is 0 Å². The molecule has 1 aliphatic rings. The maximum Gasteiger partial charge on any atom is 0.213 e. The molecule has 0 bridgehead atoms. The number of nitrogens with zero attached hydrogens (tertiary/aromatic N) is 1. The zero-order chi connectivity index (χ0) is 7.84. The number of aliphatic hydroxyl groups is 2. The van der Waals surface area contributed by atoms with E-state index in [4.69, 9.17) is 0 Å². The van der Waals surface area contributed by atoms with E-state index in [0.29, 0.717) is 6.54 Å². The molecule has 0 amide bonds. The van der Waals surface area contributed by atoms with Crippen LogP contribution in [0.15, 0.2) is 24.4 Å². The Morgan fingerprint density at radius 1 is 1.36 bits per heavy atom. The monoisotopic (exact) mass is 152 g/mol. The quantitative estimate of drug-likeness (QED) is 0.487. The first-order valence-electron chi connectivity index (χ1n) is 3.63. The summed E-state index contributed by atoms with van der Waals surface area (Å²) in [5.41, 5.74) is 0.792. The lowest BCUT2D eigenvalue weighted by Crippen LogP contribution is -2.34. The van der Waals surface area contributed by atoms with E-state index in [1.807, 2.05) is 29.0 Å². The van der Waals surface area contributed by atoms with E-state index >= 15 is 0 Å². The maximum atomic E-state index is 9.38. The second-order valence-electron chi connectivity index (χ2n) is 2.79. The smallest absolute Gasteiger partial charge is 0.213 e. The number of aliphatic hydroxyl groups excluding tert-OH is 2. The Bertz CT molecular complexity index is 275. The molecular formula is C8H10NO2+.